The molecule has 172 valence electrons. The molecule has 1 aromatic heterocycles. The summed E-state index contributed by atoms with van der Waals surface area (Å²) >= 11 is 5.84. The number of amides is 2. The number of hydrogen-bond donors (Lipinski definition) is 2. The van der Waals surface area contributed by atoms with Crippen LogP contribution in [0.3, 0.4) is 0 Å². The minimum absolute atomic E-state index is 0.222. The molecule has 0 fully saturated rings. The monoisotopic (exact) mass is 468 g/mol. The molecule has 0 aliphatic rings. The summed E-state index contributed by atoms with van der Waals surface area (Å²) in [5.41, 5.74) is 7.38. The highest BCUT2D eigenvalue weighted by molar-refractivity contribution is 6.30. The molecule has 8 heteroatoms. The Bertz CT molecular complexity index is 1140. The van der Waals surface area contributed by atoms with E-state index in [0.717, 1.165) is 5.56 Å². The van der Waals surface area contributed by atoms with Gasteiger partial charge in [0.25, 0.3) is 5.91 Å². The van der Waals surface area contributed by atoms with Crippen LogP contribution < -0.4 is 11.1 Å². The zero-order valence-electron chi connectivity index (χ0n) is 18.7. The Kier molecular flexibility index (Phi) is 7.46. The van der Waals surface area contributed by atoms with Gasteiger partial charge in [0.05, 0.1) is 5.41 Å². The van der Waals surface area contributed by atoms with E-state index in [4.69, 9.17) is 17.3 Å². The minimum Gasteiger partial charge on any atom is -0.343 e. The summed E-state index contributed by atoms with van der Waals surface area (Å²) in [6, 6.07) is 14.1. The Balaban J connectivity index is 1.65. The molecule has 0 bridgehead atoms. The van der Waals surface area contributed by atoms with Crippen molar-refractivity contribution in [2.75, 3.05) is 18.9 Å². The van der Waals surface area contributed by atoms with Crippen LogP contribution in [0.5, 0.6) is 0 Å². The second kappa shape index (κ2) is 10.1. The second-order valence-corrected chi connectivity index (χ2v) is 8.79. The summed E-state index contributed by atoms with van der Waals surface area (Å²) in [5.74, 6) is -1.05. The molecule has 0 radical (unpaired) electrons. The smallest absolute Gasteiger partial charge is 0.255 e. The maximum absolute atomic E-state index is 14.4. The SMILES string of the molecule is CN(CC(N)c1ccc(C(=O)Nc2ccncc2)cc1)C(=O)C(C)(C)c1ccc(Cl)cc1F. The van der Waals surface area contributed by atoms with Crippen LogP contribution in [0.4, 0.5) is 10.1 Å². The van der Waals surface area contributed by atoms with Crippen molar-refractivity contribution in [3.63, 3.8) is 0 Å². The van der Waals surface area contributed by atoms with Gasteiger partial charge in [0.1, 0.15) is 5.82 Å². The normalized spacial score (nSPS) is 12.2. The van der Waals surface area contributed by atoms with E-state index in [2.05, 4.69) is 10.3 Å². The van der Waals surface area contributed by atoms with E-state index in [1.807, 2.05) is 0 Å². The number of likely N-dealkylation sites (N-methyl/N-ethyl adjacent to an activating group) is 1. The summed E-state index contributed by atoms with van der Waals surface area (Å²) in [5, 5.41) is 3.06. The summed E-state index contributed by atoms with van der Waals surface area (Å²) < 4.78 is 14.4. The van der Waals surface area contributed by atoms with Crippen molar-refractivity contribution in [2.24, 2.45) is 5.73 Å². The van der Waals surface area contributed by atoms with Crippen molar-refractivity contribution in [3.8, 4) is 0 Å². The zero-order valence-corrected chi connectivity index (χ0v) is 19.4. The fourth-order valence-corrected chi connectivity index (χ4v) is 3.75. The topological polar surface area (TPSA) is 88.3 Å². The number of halogens is 2. The van der Waals surface area contributed by atoms with E-state index < -0.39 is 17.3 Å². The van der Waals surface area contributed by atoms with Crippen LogP contribution in [0, 0.1) is 5.82 Å². The van der Waals surface area contributed by atoms with Crippen molar-refractivity contribution in [2.45, 2.75) is 25.3 Å². The Labute approximate surface area is 197 Å². The van der Waals surface area contributed by atoms with E-state index in [1.165, 1.54) is 17.0 Å². The molecular weight excluding hydrogens is 443 g/mol. The molecule has 0 spiro atoms. The molecule has 6 nitrogen and oxygen atoms in total. The number of nitrogens with zero attached hydrogens (tertiary/aromatic N) is 2. The highest BCUT2D eigenvalue weighted by Crippen LogP contribution is 2.30. The van der Waals surface area contributed by atoms with Gasteiger partial charge < -0.3 is 16.0 Å². The van der Waals surface area contributed by atoms with Crippen molar-refractivity contribution in [1.82, 2.24) is 9.88 Å². The number of anilines is 1. The highest BCUT2D eigenvalue weighted by Gasteiger charge is 2.35. The van der Waals surface area contributed by atoms with E-state index in [-0.39, 0.29) is 28.9 Å². The van der Waals surface area contributed by atoms with Crippen LogP contribution in [0.2, 0.25) is 5.02 Å². The largest absolute Gasteiger partial charge is 0.343 e. The second-order valence-electron chi connectivity index (χ2n) is 8.35. The highest BCUT2D eigenvalue weighted by atomic mass is 35.5. The molecular formula is C25H26ClFN4O2. The number of aromatic nitrogens is 1. The molecule has 0 aliphatic heterocycles. The quantitative estimate of drug-likeness (QED) is 0.532. The van der Waals surface area contributed by atoms with Gasteiger partial charge in [-0.3, -0.25) is 14.6 Å². The minimum atomic E-state index is -1.10. The van der Waals surface area contributed by atoms with Crippen LogP contribution >= 0.6 is 11.6 Å². The van der Waals surface area contributed by atoms with Gasteiger partial charge in [-0.1, -0.05) is 29.8 Å². The maximum atomic E-state index is 14.4. The van der Waals surface area contributed by atoms with Crippen LogP contribution in [-0.4, -0.2) is 35.3 Å². The number of pyridine rings is 1. The predicted octanol–water partition coefficient (Wildman–Crippen LogP) is 4.56. The molecule has 33 heavy (non-hydrogen) atoms. The molecule has 2 amide bonds. The van der Waals surface area contributed by atoms with Crippen molar-refractivity contribution >= 4 is 29.1 Å². The van der Waals surface area contributed by atoms with Crippen molar-refractivity contribution in [3.05, 3.63) is 94.5 Å². The molecule has 0 saturated heterocycles. The molecule has 1 unspecified atom stereocenters. The Morgan fingerprint density at radius 1 is 1.12 bits per heavy atom. The maximum Gasteiger partial charge on any atom is 0.255 e. The van der Waals surface area contributed by atoms with Crippen LogP contribution in [0.1, 0.15) is 41.4 Å². The van der Waals surface area contributed by atoms with Crippen LogP contribution in [0.15, 0.2) is 67.0 Å². The third-order valence-corrected chi connectivity index (χ3v) is 5.73. The molecule has 1 atom stereocenters. The third-order valence-electron chi connectivity index (χ3n) is 5.50. The lowest BCUT2D eigenvalue weighted by Gasteiger charge is -2.31. The molecule has 3 rings (SSSR count). The fraction of sp³-hybridized carbons (Fsp3) is 0.240. The summed E-state index contributed by atoms with van der Waals surface area (Å²) in [6.07, 6.45) is 3.19. The van der Waals surface area contributed by atoms with Gasteiger partial charge in [-0.05, 0) is 55.8 Å². The number of nitrogens with two attached hydrogens (primary N) is 1. The first-order valence-electron chi connectivity index (χ1n) is 10.4. The van der Waals surface area contributed by atoms with Gasteiger partial charge in [0, 0.05) is 53.9 Å². The van der Waals surface area contributed by atoms with Gasteiger partial charge in [-0.15, -0.1) is 0 Å². The Hall–Kier alpha value is -3.29. The van der Waals surface area contributed by atoms with Gasteiger partial charge in [0.15, 0.2) is 0 Å². The standard InChI is InChI=1S/C25H26ClFN4O2/c1-25(2,20-9-8-18(26)14-21(20)27)24(33)31(3)15-22(28)16-4-6-17(7-5-16)23(32)30-19-10-12-29-13-11-19/h4-14,22H,15,28H2,1-3H3,(H,29,30,32). The summed E-state index contributed by atoms with van der Waals surface area (Å²) in [6.45, 7) is 3.56. The van der Waals surface area contributed by atoms with Gasteiger partial charge in [-0.2, -0.15) is 0 Å². The van der Waals surface area contributed by atoms with Gasteiger partial charge >= 0.3 is 0 Å². The Morgan fingerprint density at radius 3 is 2.36 bits per heavy atom. The number of nitrogens with one attached hydrogen (secondary N) is 1. The first-order valence-corrected chi connectivity index (χ1v) is 10.8. The van der Waals surface area contributed by atoms with Crippen molar-refractivity contribution in [1.29, 1.82) is 0 Å². The molecule has 0 saturated carbocycles. The lowest BCUT2D eigenvalue weighted by atomic mass is 9.82. The van der Waals surface area contributed by atoms with E-state index in [9.17, 15) is 14.0 Å². The predicted molar refractivity (Wildman–Crippen MR) is 128 cm³/mol. The molecule has 3 N–H and O–H groups in total. The lowest BCUT2D eigenvalue weighted by molar-refractivity contribution is -0.135. The van der Waals surface area contributed by atoms with E-state index in [0.29, 0.717) is 11.3 Å². The van der Waals surface area contributed by atoms with Crippen LogP contribution in [0.25, 0.3) is 0 Å². The van der Waals surface area contributed by atoms with Gasteiger partial charge in [0.2, 0.25) is 5.91 Å². The third kappa shape index (κ3) is 5.74. The van der Waals surface area contributed by atoms with Crippen LogP contribution in [-0.2, 0) is 10.2 Å². The average Bonchev–Trinajstić information content (AvgIpc) is 2.79. The number of carbonyl (C=O) groups excluding carboxylic acids is 2. The zero-order chi connectivity index (χ0) is 24.2. The molecule has 1 heterocycles. The van der Waals surface area contributed by atoms with Gasteiger partial charge in [-0.25, -0.2) is 4.39 Å². The first-order chi connectivity index (χ1) is 15.6. The molecule has 0 aliphatic carbocycles. The van der Waals surface area contributed by atoms with Crippen molar-refractivity contribution < 1.29 is 14.0 Å². The lowest BCUT2D eigenvalue weighted by Crippen LogP contribution is -2.44. The van der Waals surface area contributed by atoms with E-state index >= 15 is 0 Å². The number of benzene rings is 2. The number of hydrogen-bond acceptors (Lipinski definition) is 4. The summed E-state index contributed by atoms with van der Waals surface area (Å²) in [4.78, 5) is 30.9. The molecule has 2 aromatic carbocycles. The fourth-order valence-electron chi connectivity index (χ4n) is 3.59. The number of rotatable bonds is 7. The van der Waals surface area contributed by atoms with E-state index in [1.54, 1.807) is 75.8 Å². The Morgan fingerprint density at radius 2 is 1.76 bits per heavy atom. The average molecular weight is 469 g/mol. The summed E-state index contributed by atoms with van der Waals surface area (Å²) in [7, 11) is 1.63. The first kappa shape index (κ1) is 24.4. The molecule has 3 aromatic rings. The number of carbonyl (C=O) groups is 2.